The highest BCUT2D eigenvalue weighted by molar-refractivity contribution is 6.31. The molecule has 0 fully saturated rings. The lowest BCUT2D eigenvalue weighted by atomic mass is 10.1. The molecule has 0 radical (unpaired) electrons. The first-order valence-corrected chi connectivity index (χ1v) is 7.89. The molecule has 126 valence electrons. The van der Waals surface area contributed by atoms with Gasteiger partial charge in [0.1, 0.15) is 29.0 Å². The Morgan fingerprint density at radius 2 is 2.12 bits per heavy atom. The van der Waals surface area contributed by atoms with Gasteiger partial charge in [-0.3, -0.25) is 0 Å². The van der Waals surface area contributed by atoms with Gasteiger partial charge >= 0.3 is 0 Å². The van der Waals surface area contributed by atoms with Crippen molar-refractivity contribution in [2.75, 3.05) is 17.7 Å². The van der Waals surface area contributed by atoms with E-state index < -0.39 is 5.82 Å². The Kier molecular flexibility index (Phi) is 4.59. The van der Waals surface area contributed by atoms with E-state index in [-0.39, 0.29) is 16.4 Å². The van der Waals surface area contributed by atoms with E-state index in [0.29, 0.717) is 34.6 Å². The Bertz CT molecular complexity index is 1000. The molecular weight excluding hydrogens is 343 g/mol. The van der Waals surface area contributed by atoms with Crippen LogP contribution >= 0.6 is 11.6 Å². The topological polar surface area (TPSA) is 84.0 Å². The minimum absolute atomic E-state index is 0.0199. The van der Waals surface area contributed by atoms with Gasteiger partial charge in [-0.15, -0.1) is 0 Å². The van der Waals surface area contributed by atoms with Gasteiger partial charge in [-0.1, -0.05) is 11.6 Å². The maximum absolute atomic E-state index is 13.4. The average molecular weight is 357 g/mol. The number of rotatable bonds is 4. The first kappa shape index (κ1) is 16.8. The Morgan fingerprint density at radius 3 is 2.80 bits per heavy atom. The highest BCUT2D eigenvalue weighted by Gasteiger charge is 2.15. The molecule has 3 rings (SSSR count). The summed E-state index contributed by atoms with van der Waals surface area (Å²) in [4.78, 5) is 4.27. The van der Waals surface area contributed by atoms with Crippen molar-refractivity contribution in [3.63, 3.8) is 0 Å². The van der Waals surface area contributed by atoms with Crippen molar-refractivity contribution in [2.24, 2.45) is 0 Å². The number of nitrogens with one attached hydrogen (secondary N) is 1. The number of nitrogens with two attached hydrogens (primary N) is 1. The number of ether oxygens (including phenoxy) is 1. The SMILES string of the molecule is CCOc1ccc2c(Nc3ccc(F)c(Cl)c3)c(C#N)c(N)nc2c1. The van der Waals surface area contributed by atoms with Crippen molar-refractivity contribution < 1.29 is 9.13 Å². The molecule has 0 aliphatic rings. The number of hydrogen-bond acceptors (Lipinski definition) is 5. The van der Waals surface area contributed by atoms with Crippen LogP contribution in [-0.4, -0.2) is 11.6 Å². The molecule has 0 bridgehead atoms. The molecule has 0 spiro atoms. The lowest BCUT2D eigenvalue weighted by molar-refractivity contribution is 0.340. The fourth-order valence-electron chi connectivity index (χ4n) is 2.48. The monoisotopic (exact) mass is 356 g/mol. The van der Waals surface area contributed by atoms with E-state index in [1.807, 2.05) is 6.92 Å². The van der Waals surface area contributed by atoms with Crippen LogP contribution in [0.4, 0.5) is 21.6 Å². The van der Waals surface area contributed by atoms with E-state index in [2.05, 4.69) is 16.4 Å². The molecule has 0 aliphatic carbocycles. The molecule has 2 aromatic carbocycles. The summed E-state index contributed by atoms with van der Waals surface area (Å²) in [6.07, 6.45) is 0. The quantitative estimate of drug-likeness (QED) is 0.712. The zero-order valence-electron chi connectivity index (χ0n) is 13.3. The van der Waals surface area contributed by atoms with Crippen LogP contribution in [0.5, 0.6) is 5.75 Å². The third-order valence-corrected chi connectivity index (χ3v) is 3.89. The molecule has 3 aromatic rings. The van der Waals surface area contributed by atoms with Crippen LogP contribution in [0.3, 0.4) is 0 Å². The van der Waals surface area contributed by atoms with Gasteiger partial charge in [0.15, 0.2) is 0 Å². The number of aromatic nitrogens is 1. The van der Waals surface area contributed by atoms with Crippen molar-refractivity contribution in [3.05, 3.63) is 52.8 Å². The van der Waals surface area contributed by atoms with E-state index in [4.69, 9.17) is 22.1 Å². The van der Waals surface area contributed by atoms with Gasteiger partial charge in [-0.2, -0.15) is 5.26 Å². The summed E-state index contributed by atoms with van der Waals surface area (Å²) in [5.74, 6) is 0.231. The molecule has 0 saturated carbocycles. The fraction of sp³-hybridized carbons (Fsp3) is 0.111. The molecule has 0 amide bonds. The summed E-state index contributed by atoms with van der Waals surface area (Å²) in [5.41, 5.74) is 7.73. The van der Waals surface area contributed by atoms with E-state index in [0.717, 1.165) is 0 Å². The second-order valence-electron chi connectivity index (χ2n) is 5.22. The number of hydrogen-bond donors (Lipinski definition) is 2. The Morgan fingerprint density at radius 1 is 1.32 bits per heavy atom. The smallest absolute Gasteiger partial charge is 0.144 e. The predicted octanol–water partition coefficient (Wildman–Crippen LogP) is 4.62. The van der Waals surface area contributed by atoms with Gasteiger partial charge in [0.05, 0.1) is 22.8 Å². The number of nitrogen functional groups attached to an aromatic ring is 1. The molecule has 0 unspecified atom stereocenters. The summed E-state index contributed by atoms with van der Waals surface area (Å²) in [6, 6.07) is 11.6. The molecule has 0 aliphatic heterocycles. The minimum Gasteiger partial charge on any atom is -0.494 e. The zero-order valence-corrected chi connectivity index (χ0v) is 14.1. The van der Waals surface area contributed by atoms with Gasteiger partial charge in [0.2, 0.25) is 0 Å². The normalized spacial score (nSPS) is 10.5. The minimum atomic E-state index is -0.520. The van der Waals surface area contributed by atoms with Crippen LogP contribution in [0.15, 0.2) is 36.4 Å². The van der Waals surface area contributed by atoms with Crippen molar-refractivity contribution >= 4 is 39.7 Å². The van der Waals surface area contributed by atoms with Gasteiger partial charge in [-0.25, -0.2) is 9.37 Å². The van der Waals surface area contributed by atoms with Crippen LogP contribution in [0.1, 0.15) is 12.5 Å². The van der Waals surface area contributed by atoms with Crippen LogP contribution in [0, 0.1) is 17.1 Å². The number of halogens is 2. The second-order valence-corrected chi connectivity index (χ2v) is 5.63. The van der Waals surface area contributed by atoms with Crippen molar-refractivity contribution in [2.45, 2.75) is 6.92 Å². The lowest BCUT2D eigenvalue weighted by Gasteiger charge is -2.14. The van der Waals surface area contributed by atoms with Gasteiger partial charge in [-0.05, 0) is 37.3 Å². The van der Waals surface area contributed by atoms with Gasteiger partial charge < -0.3 is 15.8 Å². The van der Waals surface area contributed by atoms with Crippen LogP contribution < -0.4 is 15.8 Å². The largest absolute Gasteiger partial charge is 0.494 e. The van der Waals surface area contributed by atoms with Crippen molar-refractivity contribution in [1.82, 2.24) is 4.98 Å². The van der Waals surface area contributed by atoms with Crippen LogP contribution in [0.2, 0.25) is 5.02 Å². The first-order chi connectivity index (χ1) is 12.0. The molecule has 25 heavy (non-hydrogen) atoms. The van der Waals surface area contributed by atoms with Crippen LogP contribution in [0.25, 0.3) is 10.9 Å². The van der Waals surface area contributed by atoms with E-state index in [1.54, 1.807) is 18.2 Å². The van der Waals surface area contributed by atoms with Crippen LogP contribution in [-0.2, 0) is 0 Å². The first-order valence-electron chi connectivity index (χ1n) is 7.51. The maximum atomic E-state index is 13.4. The second kappa shape index (κ2) is 6.83. The van der Waals surface area contributed by atoms with Gasteiger partial charge in [0, 0.05) is 17.1 Å². The Hall–Kier alpha value is -3.04. The molecular formula is C18H14ClFN4O. The summed E-state index contributed by atoms with van der Waals surface area (Å²) >= 11 is 5.83. The molecule has 1 heterocycles. The Balaban J connectivity index is 2.17. The molecule has 0 saturated heterocycles. The highest BCUT2D eigenvalue weighted by atomic mass is 35.5. The molecule has 1 aromatic heterocycles. The standard InChI is InChI=1S/C18H14ClFN4O/c1-2-25-11-4-5-12-16(8-11)24-18(22)13(9-21)17(12)23-10-3-6-15(20)14(19)7-10/h3-8H,2H2,1H3,(H3,22,23,24). The summed E-state index contributed by atoms with van der Waals surface area (Å²) in [5, 5.41) is 13.2. The third kappa shape index (κ3) is 3.28. The average Bonchev–Trinajstić information content (AvgIpc) is 2.58. The highest BCUT2D eigenvalue weighted by Crippen LogP contribution is 2.34. The molecule has 5 nitrogen and oxygen atoms in total. The number of pyridine rings is 1. The van der Waals surface area contributed by atoms with Gasteiger partial charge in [0.25, 0.3) is 0 Å². The fourth-order valence-corrected chi connectivity index (χ4v) is 2.66. The third-order valence-electron chi connectivity index (χ3n) is 3.60. The number of fused-ring (bicyclic) bond motifs is 1. The number of benzene rings is 2. The molecule has 7 heteroatoms. The number of anilines is 3. The Labute approximate surface area is 148 Å². The number of nitriles is 1. The zero-order chi connectivity index (χ0) is 18.0. The summed E-state index contributed by atoms with van der Waals surface area (Å²) < 4.78 is 18.8. The lowest BCUT2D eigenvalue weighted by Crippen LogP contribution is -2.03. The number of nitrogens with zero attached hydrogens (tertiary/aromatic N) is 2. The van der Waals surface area contributed by atoms with Crippen molar-refractivity contribution in [3.8, 4) is 11.8 Å². The predicted molar refractivity (Wildman–Crippen MR) is 96.7 cm³/mol. The van der Waals surface area contributed by atoms with E-state index >= 15 is 0 Å². The van der Waals surface area contributed by atoms with E-state index in [9.17, 15) is 9.65 Å². The summed E-state index contributed by atoms with van der Waals surface area (Å²) in [6.45, 7) is 2.41. The van der Waals surface area contributed by atoms with Crippen molar-refractivity contribution in [1.29, 1.82) is 5.26 Å². The molecule has 0 atom stereocenters. The van der Waals surface area contributed by atoms with E-state index in [1.165, 1.54) is 18.2 Å². The maximum Gasteiger partial charge on any atom is 0.144 e. The molecule has 3 N–H and O–H groups in total. The summed E-state index contributed by atoms with van der Waals surface area (Å²) in [7, 11) is 0.